The van der Waals surface area contributed by atoms with E-state index in [2.05, 4.69) is 20.3 Å². The first kappa shape index (κ1) is 19.0. The third-order valence-corrected chi connectivity index (χ3v) is 4.85. The molecule has 0 saturated carbocycles. The molecule has 0 spiro atoms. The average molecular weight is 392 g/mol. The van der Waals surface area contributed by atoms with Gasteiger partial charge in [-0.15, -0.1) is 11.3 Å². The number of aryl methyl sites for hydroxylation is 1. The molecular formula is C18H15F3N4OS. The van der Waals surface area contributed by atoms with E-state index in [1.54, 1.807) is 18.5 Å². The standard InChI is InChI=1S/C18H15F3N4OS/c1-2-13-14(27-17(25-13)15-22-8-5-9-23-15)16(26)24-10-11-6-3-4-7-12(11)18(19,20)21/h3-9H,2,10H2,1H3,(H,24,26). The summed E-state index contributed by atoms with van der Waals surface area (Å²) in [6, 6.07) is 6.84. The van der Waals surface area contributed by atoms with Crippen LogP contribution in [0.2, 0.25) is 0 Å². The smallest absolute Gasteiger partial charge is 0.347 e. The maximum absolute atomic E-state index is 13.1. The Kier molecular flexibility index (Phi) is 5.50. The first-order chi connectivity index (χ1) is 12.9. The van der Waals surface area contributed by atoms with E-state index in [4.69, 9.17) is 0 Å². The second-order valence-electron chi connectivity index (χ2n) is 5.56. The van der Waals surface area contributed by atoms with E-state index in [9.17, 15) is 18.0 Å². The summed E-state index contributed by atoms with van der Waals surface area (Å²) in [6.45, 7) is 1.62. The topological polar surface area (TPSA) is 67.8 Å². The van der Waals surface area contributed by atoms with Crippen LogP contribution in [0, 0.1) is 0 Å². The van der Waals surface area contributed by atoms with E-state index in [1.807, 2.05) is 6.92 Å². The largest absolute Gasteiger partial charge is 0.416 e. The van der Waals surface area contributed by atoms with E-state index < -0.39 is 17.6 Å². The average Bonchev–Trinajstić information content (AvgIpc) is 3.11. The van der Waals surface area contributed by atoms with Crippen LogP contribution in [-0.2, 0) is 19.1 Å². The molecular weight excluding hydrogens is 377 g/mol. The molecule has 3 aromatic rings. The summed E-state index contributed by atoms with van der Waals surface area (Å²) in [5.74, 6) is -0.0674. The summed E-state index contributed by atoms with van der Waals surface area (Å²) < 4.78 is 39.2. The van der Waals surface area contributed by atoms with Crippen LogP contribution in [0.3, 0.4) is 0 Å². The molecule has 0 unspecified atom stereocenters. The molecule has 5 nitrogen and oxygen atoms in total. The molecule has 0 bridgehead atoms. The number of alkyl halides is 3. The van der Waals surface area contributed by atoms with Crippen LogP contribution < -0.4 is 5.32 Å². The van der Waals surface area contributed by atoms with Crippen molar-refractivity contribution in [1.82, 2.24) is 20.3 Å². The van der Waals surface area contributed by atoms with Gasteiger partial charge in [0.15, 0.2) is 10.8 Å². The minimum absolute atomic E-state index is 0.00697. The number of aromatic nitrogens is 3. The van der Waals surface area contributed by atoms with Crippen LogP contribution in [0.5, 0.6) is 0 Å². The van der Waals surface area contributed by atoms with Gasteiger partial charge in [0.05, 0.1) is 11.3 Å². The molecule has 1 amide bonds. The van der Waals surface area contributed by atoms with Crippen molar-refractivity contribution in [3.8, 4) is 10.8 Å². The zero-order valence-corrected chi connectivity index (χ0v) is 15.1. The summed E-state index contributed by atoms with van der Waals surface area (Å²) in [5, 5.41) is 3.05. The normalized spacial score (nSPS) is 11.4. The molecule has 1 aromatic carbocycles. The SMILES string of the molecule is CCc1nc(-c2ncccn2)sc1C(=O)NCc1ccccc1C(F)(F)F. The van der Waals surface area contributed by atoms with Crippen LogP contribution in [0.4, 0.5) is 13.2 Å². The lowest BCUT2D eigenvalue weighted by atomic mass is 10.1. The lowest BCUT2D eigenvalue weighted by Gasteiger charge is -2.13. The highest BCUT2D eigenvalue weighted by Gasteiger charge is 2.33. The van der Waals surface area contributed by atoms with Crippen molar-refractivity contribution in [1.29, 1.82) is 0 Å². The van der Waals surface area contributed by atoms with E-state index in [0.29, 0.717) is 27.8 Å². The predicted molar refractivity (Wildman–Crippen MR) is 95.1 cm³/mol. The van der Waals surface area contributed by atoms with Crippen molar-refractivity contribution in [2.45, 2.75) is 26.1 Å². The van der Waals surface area contributed by atoms with Gasteiger partial charge < -0.3 is 5.32 Å². The van der Waals surface area contributed by atoms with Gasteiger partial charge in [0.25, 0.3) is 5.91 Å². The summed E-state index contributed by atoms with van der Waals surface area (Å²) in [4.78, 5) is 25.5. The fourth-order valence-corrected chi connectivity index (χ4v) is 3.50. The Morgan fingerprint density at radius 3 is 2.52 bits per heavy atom. The number of nitrogens with zero attached hydrogens (tertiary/aromatic N) is 3. The van der Waals surface area contributed by atoms with Gasteiger partial charge in [0, 0.05) is 18.9 Å². The van der Waals surface area contributed by atoms with Crippen molar-refractivity contribution < 1.29 is 18.0 Å². The van der Waals surface area contributed by atoms with Crippen molar-refractivity contribution >= 4 is 17.2 Å². The second kappa shape index (κ2) is 7.83. The Hall–Kier alpha value is -2.81. The molecule has 0 fully saturated rings. The number of amides is 1. The first-order valence-corrected chi connectivity index (χ1v) is 8.92. The summed E-state index contributed by atoms with van der Waals surface area (Å²) in [5.41, 5.74) is -0.194. The fraction of sp³-hybridized carbons (Fsp3) is 0.222. The second-order valence-corrected chi connectivity index (χ2v) is 6.56. The van der Waals surface area contributed by atoms with E-state index in [1.165, 1.54) is 18.2 Å². The zero-order valence-electron chi connectivity index (χ0n) is 14.2. The molecule has 3 rings (SSSR count). The van der Waals surface area contributed by atoms with Crippen LogP contribution in [0.15, 0.2) is 42.7 Å². The maximum Gasteiger partial charge on any atom is 0.416 e. The van der Waals surface area contributed by atoms with Crippen LogP contribution in [-0.4, -0.2) is 20.9 Å². The summed E-state index contributed by atoms with van der Waals surface area (Å²) in [7, 11) is 0. The zero-order chi connectivity index (χ0) is 19.4. The Morgan fingerprint density at radius 2 is 1.85 bits per heavy atom. The lowest BCUT2D eigenvalue weighted by Crippen LogP contribution is -2.24. The Labute approximate surface area is 157 Å². The van der Waals surface area contributed by atoms with Crippen molar-refractivity contribution in [3.05, 3.63) is 64.4 Å². The molecule has 1 N–H and O–H groups in total. The van der Waals surface area contributed by atoms with Gasteiger partial charge in [0.1, 0.15) is 4.88 Å². The quantitative estimate of drug-likeness (QED) is 0.710. The van der Waals surface area contributed by atoms with Gasteiger partial charge in [-0.2, -0.15) is 13.2 Å². The minimum atomic E-state index is -4.47. The third kappa shape index (κ3) is 4.30. The molecule has 27 heavy (non-hydrogen) atoms. The van der Waals surface area contributed by atoms with Gasteiger partial charge in [-0.3, -0.25) is 4.79 Å². The molecule has 9 heteroatoms. The molecule has 2 aromatic heterocycles. The Bertz CT molecular complexity index is 941. The number of hydrogen-bond acceptors (Lipinski definition) is 5. The van der Waals surface area contributed by atoms with Crippen LogP contribution >= 0.6 is 11.3 Å². The van der Waals surface area contributed by atoms with Crippen LogP contribution in [0.25, 0.3) is 10.8 Å². The van der Waals surface area contributed by atoms with E-state index in [-0.39, 0.29) is 12.1 Å². The van der Waals surface area contributed by atoms with Gasteiger partial charge in [-0.25, -0.2) is 15.0 Å². The highest BCUT2D eigenvalue weighted by atomic mass is 32.1. The third-order valence-electron chi connectivity index (χ3n) is 3.76. The number of hydrogen-bond donors (Lipinski definition) is 1. The summed E-state index contributed by atoms with van der Waals surface area (Å²) >= 11 is 1.12. The maximum atomic E-state index is 13.1. The van der Waals surface area contributed by atoms with Crippen LogP contribution in [0.1, 0.15) is 33.4 Å². The number of nitrogens with one attached hydrogen (secondary N) is 1. The summed E-state index contributed by atoms with van der Waals surface area (Å²) in [6.07, 6.45) is -0.824. The van der Waals surface area contributed by atoms with Crippen molar-refractivity contribution in [3.63, 3.8) is 0 Å². The number of benzene rings is 1. The van der Waals surface area contributed by atoms with Gasteiger partial charge >= 0.3 is 6.18 Å². The Morgan fingerprint density at radius 1 is 1.15 bits per heavy atom. The molecule has 0 atom stereocenters. The van der Waals surface area contributed by atoms with E-state index in [0.717, 1.165) is 17.4 Å². The number of rotatable bonds is 5. The predicted octanol–water partition coefficient (Wildman–Crippen LogP) is 4.11. The van der Waals surface area contributed by atoms with Crippen molar-refractivity contribution in [2.75, 3.05) is 0 Å². The fourth-order valence-electron chi connectivity index (χ4n) is 2.48. The van der Waals surface area contributed by atoms with E-state index >= 15 is 0 Å². The van der Waals surface area contributed by atoms with Crippen molar-refractivity contribution in [2.24, 2.45) is 0 Å². The molecule has 0 aliphatic rings. The number of carbonyl (C=O) groups is 1. The monoisotopic (exact) mass is 392 g/mol. The molecule has 0 aliphatic carbocycles. The molecule has 2 heterocycles. The lowest BCUT2D eigenvalue weighted by molar-refractivity contribution is -0.138. The molecule has 0 saturated heterocycles. The number of thiazole rings is 1. The van der Waals surface area contributed by atoms with Gasteiger partial charge in [-0.1, -0.05) is 25.1 Å². The van der Waals surface area contributed by atoms with Gasteiger partial charge in [0.2, 0.25) is 0 Å². The highest BCUT2D eigenvalue weighted by Crippen LogP contribution is 2.32. The highest BCUT2D eigenvalue weighted by molar-refractivity contribution is 7.17. The number of carbonyl (C=O) groups excluding carboxylic acids is 1. The minimum Gasteiger partial charge on any atom is -0.347 e. The molecule has 0 radical (unpaired) electrons. The van der Waals surface area contributed by atoms with Gasteiger partial charge in [-0.05, 0) is 24.1 Å². The molecule has 140 valence electrons. The first-order valence-electron chi connectivity index (χ1n) is 8.10. The molecule has 0 aliphatic heterocycles. The number of halogens is 3. The Balaban J connectivity index is 1.81.